The second kappa shape index (κ2) is 4.29. The van der Waals surface area contributed by atoms with Gasteiger partial charge in [0, 0.05) is 11.8 Å². The highest BCUT2D eigenvalue weighted by Crippen LogP contribution is 2.11. The molecule has 60 valence electrons. The molecule has 0 aromatic carbocycles. The van der Waals surface area contributed by atoms with Gasteiger partial charge in [0.25, 0.3) is 0 Å². The highest BCUT2D eigenvalue weighted by atomic mass is 127. The van der Waals surface area contributed by atoms with Gasteiger partial charge in [-0.3, -0.25) is 0 Å². The molecule has 0 aliphatic carbocycles. The molecule has 1 aliphatic heterocycles. The van der Waals surface area contributed by atoms with Crippen LogP contribution in [-0.4, -0.2) is 15.5 Å². The van der Waals surface area contributed by atoms with E-state index in [9.17, 15) is 0 Å². The van der Waals surface area contributed by atoms with Gasteiger partial charge in [0.1, 0.15) is 5.84 Å². The lowest BCUT2D eigenvalue weighted by atomic mass is 10.2. The minimum Gasteiger partial charge on any atom is -0.383 e. The molecule has 1 rings (SSSR count). The van der Waals surface area contributed by atoms with Crippen LogP contribution < -0.4 is 5.73 Å². The summed E-state index contributed by atoms with van der Waals surface area (Å²) in [4.78, 5) is 0. The van der Waals surface area contributed by atoms with Crippen LogP contribution in [0.1, 0.15) is 0 Å². The Bertz CT molecular complexity index is 232. The lowest BCUT2D eigenvalue weighted by molar-refractivity contribution is 0.729. The molecule has 5 heteroatoms. The largest absolute Gasteiger partial charge is 0.383 e. The zero-order valence-electron chi connectivity index (χ0n) is 5.67. The zero-order valence-corrected chi connectivity index (χ0v) is 9.98. The lowest BCUT2D eigenvalue weighted by Crippen LogP contribution is -2.22. The number of hydrogen-bond donors (Lipinski definition) is 1. The molecule has 1 heterocycles. The third kappa shape index (κ3) is 2.62. The molecule has 0 fully saturated rings. The molecule has 0 spiro atoms. The van der Waals surface area contributed by atoms with Crippen molar-refractivity contribution in [2.45, 2.75) is 0 Å². The molecule has 11 heavy (non-hydrogen) atoms. The first-order valence-electron chi connectivity index (χ1n) is 2.98. The normalized spacial score (nSPS) is 18.5. The van der Waals surface area contributed by atoms with Crippen molar-refractivity contribution >= 4 is 51.6 Å². The molecule has 0 aromatic heterocycles. The first-order valence-corrected chi connectivity index (χ1v) is 4.91. The molecule has 0 aromatic rings. The van der Waals surface area contributed by atoms with E-state index in [1.165, 1.54) is 0 Å². The number of allylic oxidation sites excluding steroid dienone is 2. The molecule has 0 saturated carbocycles. The topological polar surface area (TPSA) is 41.6 Å². The molecule has 0 saturated heterocycles. The smallest absolute Gasteiger partial charge is 0.134 e. The molecule has 0 atom stereocenters. The van der Waals surface area contributed by atoms with Crippen molar-refractivity contribution in [3.8, 4) is 0 Å². The Morgan fingerprint density at radius 2 is 2.45 bits per heavy atom. The van der Waals surface area contributed by atoms with E-state index in [-0.39, 0.29) is 0 Å². The Morgan fingerprint density at radius 1 is 1.73 bits per heavy atom. The fraction of sp³-hybridized carbons (Fsp3) is 0.167. The number of hydrogen-bond acceptors (Lipinski definition) is 2. The Balaban J connectivity index is 2.74. The van der Waals surface area contributed by atoms with Crippen LogP contribution in [0.4, 0.5) is 0 Å². The molecule has 0 unspecified atom stereocenters. The average molecular weight is 375 g/mol. The minimum atomic E-state index is 0.608. The van der Waals surface area contributed by atoms with E-state index < -0.39 is 0 Å². The first-order chi connectivity index (χ1) is 5.24. The summed E-state index contributed by atoms with van der Waals surface area (Å²) < 4.78 is 5.91. The molecule has 0 bridgehead atoms. The van der Waals surface area contributed by atoms with E-state index in [2.05, 4.69) is 26.1 Å². The summed E-state index contributed by atoms with van der Waals surface area (Å²) >= 11 is 4.11. The van der Waals surface area contributed by atoms with E-state index in [4.69, 9.17) is 5.73 Å². The maximum absolute atomic E-state index is 5.62. The van der Waals surface area contributed by atoms with Crippen molar-refractivity contribution in [1.29, 1.82) is 0 Å². The molecule has 0 amide bonds. The minimum absolute atomic E-state index is 0.608. The summed E-state index contributed by atoms with van der Waals surface area (Å²) in [6.07, 6.45) is 5.93. The van der Waals surface area contributed by atoms with Crippen molar-refractivity contribution in [2.75, 3.05) is 6.54 Å². The van der Waals surface area contributed by atoms with Crippen LogP contribution >= 0.6 is 45.7 Å². The highest BCUT2D eigenvalue weighted by Gasteiger charge is 2.07. The predicted molar refractivity (Wildman–Crippen MR) is 63.6 cm³/mol. The quantitative estimate of drug-likeness (QED) is 0.329. The van der Waals surface area contributed by atoms with Crippen molar-refractivity contribution in [2.24, 2.45) is 8.94 Å². The number of halogens is 2. The van der Waals surface area contributed by atoms with E-state index >= 15 is 0 Å². The highest BCUT2D eigenvalue weighted by molar-refractivity contribution is 14.1. The molecular formula is C6H7I2N3. The lowest BCUT2D eigenvalue weighted by Gasteiger charge is -2.16. The Hall–Kier alpha value is 0.210. The van der Waals surface area contributed by atoms with Crippen LogP contribution in [0.5, 0.6) is 0 Å². The number of nitrogens with two attached hydrogens (primary N) is 1. The van der Waals surface area contributed by atoms with Gasteiger partial charge in [-0.25, -0.2) is 0 Å². The Morgan fingerprint density at radius 3 is 3.00 bits per heavy atom. The number of rotatable bonds is 1. The van der Waals surface area contributed by atoms with E-state index in [1.54, 1.807) is 0 Å². The first kappa shape index (κ1) is 9.30. The van der Waals surface area contributed by atoms with Gasteiger partial charge in [0.15, 0.2) is 0 Å². The van der Waals surface area contributed by atoms with Crippen molar-refractivity contribution < 1.29 is 0 Å². The number of amidine groups is 1. The van der Waals surface area contributed by atoms with Crippen molar-refractivity contribution in [3.63, 3.8) is 0 Å². The average Bonchev–Trinajstić information content (AvgIpc) is 2.03. The van der Waals surface area contributed by atoms with E-state index in [0.717, 1.165) is 12.1 Å². The fourth-order valence-electron chi connectivity index (χ4n) is 0.741. The summed E-state index contributed by atoms with van der Waals surface area (Å²) in [5.74, 6) is 0.608. The van der Waals surface area contributed by atoms with Gasteiger partial charge < -0.3 is 8.85 Å². The van der Waals surface area contributed by atoms with Crippen LogP contribution in [0.15, 0.2) is 27.1 Å². The SMILES string of the molecule is NC(=NI)C1=CC=CN(I)C1. The van der Waals surface area contributed by atoms with Crippen LogP contribution in [0.3, 0.4) is 0 Å². The molecule has 3 nitrogen and oxygen atoms in total. The second-order valence-electron chi connectivity index (χ2n) is 2.06. The molecular weight excluding hydrogens is 368 g/mol. The van der Waals surface area contributed by atoms with Gasteiger partial charge in [-0.2, -0.15) is 3.21 Å². The summed E-state index contributed by atoms with van der Waals surface area (Å²) in [6.45, 7) is 0.829. The summed E-state index contributed by atoms with van der Waals surface area (Å²) in [5.41, 5.74) is 6.69. The van der Waals surface area contributed by atoms with Gasteiger partial charge in [0.05, 0.1) is 52.3 Å². The van der Waals surface area contributed by atoms with Crippen molar-refractivity contribution in [1.82, 2.24) is 3.11 Å². The van der Waals surface area contributed by atoms with Gasteiger partial charge >= 0.3 is 0 Å². The fourth-order valence-corrected chi connectivity index (χ4v) is 1.60. The monoisotopic (exact) mass is 375 g/mol. The van der Waals surface area contributed by atoms with Gasteiger partial charge in [-0.1, -0.05) is 6.08 Å². The van der Waals surface area contributed by atoms with Crippen LogP contribution in [0.2, 0.25) is 0 Å². The Labute approximate surface area is 93.4 Å². The van der Waals surface area contributed by atoms with Crippen LogP contribution in [-0.2, 0) is 0 Å². The summed E-state index contributed by atoms with van der Waals surface area (Å²) in [6, 6.07) is 0. The maximum atomic E-state index is 5.62. The van der Waals surface area contributed by atoms with Crippen LogP contribution in [0.25, 0.3) is 0 Å². The van der Waals surface area contributed by atoms with Gasteiger partial charge in [-0.05, 0) is 6.08 Å². The maximum Gasteiger partial charge on any atom is 0.134 e. The number of nitrogens with zero attached hydrogens (tertiary/aromatic N) is 2. The Kier molecular flexibility index (Phi) is 3.63. The van der Waals surface area contributed by atoms with E-state index in [1.807, 2.05) is 44.3 Å². The molecule has 2 N–H and O–H groups in total. The molecule has 1 aliphatic rings. The third-order valence-corrected chi connectivity index (χ3v) is 2.47. The summed E-state index contributed by atoms with van der Waals surface area (Å²) in [7, 11) is 0. The third-order valence-electron chi connectivity index (χ3n) is 1.29. The van der Waals surface area contributed by atoms with E-state index in [0.29, 0.717) is 5.84 Å². The van der Waals surface area contributed by atoms with Crippen LogP contribution in [0, 0.1) is 0 Å². The second-order valence-corrected chi connectivity index (χ2v) is 3.78. The van der Waals surface area contributed by atoms with Gasteiger partial charge in [-0.15, -0.1) is 0 Å². The molecule has 0 radical (unpaired) electrons. The zero-order chi connectivity index (χ0) is 8.27. The summed E-state index contributed by atoms with van der Waals surface area (Å²) in [5, 5.41) is 0. The van der Waals surface area contributed by atoms with Crippen molar-refractivity contribution in [3.05, 3.63) is 23.9 Å². The van der Waals surface area contributed by atoms with Gasteiger partial charge in [0.2, 0.25) is 0 Å². The standard InChI is InChI=1S/C6H7I2N3/c7-10-6(9)5-2-1-3-11(8)4-5/h1-3H,4H2,(H2,9,10). The predicted octanol–water partition coefficient (Wildman–Crippen LogP) is 1.80.